The van der Waals surface area contributed by atoms with Crippen LogP contribution in [0.25, 0.3) is 22.4 Å². The first-order valence-electron chi connectivity index (χ1n) is 7.82. The van der Waals surface area contributed by atoms with Gasteiger partial charge in [0, 0.05) is 19.2 Å². The summed E-state index contributed by atoms with van der Waals surface area (Å²) < 4.78 is 4.20. The van der Waals surface area contributed by atoms with Crippen molar-refractivity contribution in [1.29, 1.82) is 0 Å². The topological polar surface area (TPSA) is 35.6 Å². The SMILES string of the molecule is Cn1c(CCl)cnc1-c1ccc(Cn2cnc3ccccc32)cc1. The molecule has 5 heteroatoms. The highest BCUT2D eigenvalue weighted by Crippen LogP contribution is 2.21. The molecule has 0 saturated heterocycles. The number of para-hydroxylation sites is 2. The zero-order valence-electron chi connectivity index (χ0n) is 13.4. The molecule has 0 radical (unpaired) electrons. The fraction of sp³-hybridized carbons (Fsp3) is 0.158. The number of rotatable bonds is 4. The van der Waals surface area contributed by atoms with Gasteiger partial charge in [0.05, 0.1) is 35.1 Å². The minimum atomic E-state index is 0.468. The number of aromatic nitrogens is 4. The van der Waals surface area contributed by atoms with Gasteiger partial charge in [-0.05, 0) is 17.7 Å². The first-order valence-corrected chi connectivity index (χ1v) is 8.35. The number of nitrogens with zero attached hydrogens (tertiary/aromatic N) is 4. The highest BCUT2D eigenvalue weighted by atomic mass is 35.5. The van der Waals surface area contributed by atoms with Crippen molar-refractivity contribution in [3.8, 4) is 11.4 Å². The van der Waals surface area contributed by atoms with Crippen LogP contribution in [0, 0.1) is 0 Å². The summed E-state index contributed by atoms with van der Waals surface area (Å²) in [6, 6.07) is 16.7. The van der Waals surface area contributed by atoms with Crippen molar-refractivity contribution in [3.63, 3.8) is 0 Å². The molecule has 24 heavy (non-hydrogen) atoms. The summed E-state index contributed by atoms with van der Waals surface area (Å²) >= 11 is 5.92. The molecule has 2 heterocycles. The molecule has 0 unspecified atom stereocenters. The molecule has 120 valence electrons. The third-order valence-corrected chi connectivity index (χ3v) is 4.59. The van der Waals surface area contributed by atoms with Gasteiger partial charge < -0.3 is 9.13 Å². The highest BCUT2D eigenvalue weighted by molar-refractivity contribution is 6.16. The lowest BCUT2D eigenvalue weighted by Gasteiger charge is -2.07. The van der Waals surface area contributed by atoms with Gasteiger partial charge >= 0.3 is 0 Å². The summed E-state index contributed by atoms with van der Waals surface area (Å²) in [6.45, 7) is 0.800. The maximum atomic E-state index is 5.92. The number of alkyl halides is 1. The molecule has 0 aliphatic heterocycles. The number of imidazole rings is 2. The van der Waals surface area contributed by atoms with Crippen LogP contribution in [0.1, 0.15) is 11.3 Å². The number of hydrogen-bond donors (Lipinski definition) is 0. The molecular weight excluding hydrogens is 320 g/mol. The molecule has 4 aromatic rings. The predicted octanol–water partition coefficient (Wildman–Crippen LogP) is 4.22. The van der Waals surface area contributed by atoms with E-state index in [-0.39, 0.29) is 0 Å². The minimum absolute atomic E-state index is 0.468. The monoisotopic (exact) mass is 336 g/mol. The van der Waals surface area contributed by atoms with E-state index in [1.54, 1.807) is 0 Å². The van der Waals surface area contributed by atoms with Crippen molar-refractivity contribution in [1.82, 2.24) is 19.1 Å². The summed E-state index contributed by atoms with van der Waals surface area (Å²) in [4.78, 5) is 8.91. The van der Waals surface area contributed by atoms with E-state index in [0.717, 1.165) is 34.7 Å². The lowest BCUT2D eigenvalue weighted by molar-refractivity contribution is 0.824. The lowest BCUT2D eigenvalue weighted by Crippen LogP contribution is -1.99. The van der Waals surface area contributed by atoms with Crippen molar-refractivity contribution in [2.24, 2.45) is 7.05 Å². The van der Waals surface area contributed by atoms with Gasteiger partial charge in [-0.1, -0.05) is 36.4 Å². The second-order valence-electron chi connectivity index (χ2n) is 5.82. The lowest BCUT2D eigenvalue weighted by atomic mass is 10.1. The van der Waals surface area contributed by atoms with Gasteiger partial charge in [0.25, 0.3) is 0 Å². The van der Waals surface area contributed by atoms with Crippen LogP contribution in [0.5, 0.6) is 0 Å². The maximum Gasteiger partial charge on any atom is 0.139 e. The van der Waals surface area contributed by atoms with E-state index >= 15 is 0 Å². The van der Waals surface area contributed by atoms with E-state index in [0.29, 0.717) is 5.88 Å². The molecule has 0 bridgehead atoms. The van der Waals surface area contributed by atoms with E-state index in [1.807, 2.05) is 42.3 Å². The standard InChI is InChI=1S/C19H17ClN4/c1-23-16(10-20)11-21-19(23)15-8-6-14(7-9-15)12-24-13-22-17-4-2-3-5-18(17)24/h2-9,11,13H,10,12H2,1H3. The number of benzene rings is 2. The van der Waals surface area contributed by atoms with Crippen molar-refractivity contribution in [2.75, 3.05) is 0 Å². The molecule has 0 saturated carbocycles. The summed E-state index contributed by atoms with van der Waals surface area (Å²) in [5, 5.41) is 0. The number of hydrogen-bond acceptors (Lipinski definition) is 2. The van der Waals surface area contributed by atoms with Crippen molar-refractivity contribution >= 4 is 22.6 Å². The van der Waals surface area contributed by atoms with Gasteiger partial charge in [-0.3, -0.25) is 0 Å². The van der Waals surface area contributed by atoms with Crippen molar-refractivity contribution in [2.45, 2.75) is 12.4 Å². The van der Waals surface area contributed by atoms with Crippen LogP contribution in [0.3, 0.4) is 0 Å². The Morgan fingerprint density at radius 2 is 1.79 bits per heavy atom. The average Bonchev–Trinajstić information content (AvgIpc) is 3.19. The Morgan fingerprint density at radius 1 is 1.00 bits per heavy atom. The van der Waals surface area contributed by atoms with E-state index in [4.69, 9.17) is 11.6 Å². The molecule has 0 aliphatic rings. The Balaban J connectivity index is 1.61. The van der Waals surface area contributed by atoms with E-state index in [2.05, 4.69) is 44.9 Å². The molecule has 0 aliphatic carbocycles. The van der Waals surface area contributed by atoms with Crippen LogP contribution < -0.4 is 0 Å². The fourth-order valence-electron chi connectivity index (χ4n) is 2.93. The molecule has 4 nitrogen and oxygen atoms in total. The summed E-state index contributed by atoms with van der Waals surface area (Å²) in [6.07, 6.45) is 3.72. The number of fused-ring (bicyclic) bond motifs is 1. The van der Waals surface area contributed by atoms with Crippen LogP contribution in [0.4, 0.5) is 0 Å². The largest absolute Gasteiger partial charge is 0.330 e. The number of halogens is 1. The first kappa shape index (κ1) is 15.0. The van der Waals surface area contributed by atoms with Gasteiger partial charge in [-0.15, -0.1) is 11.6 Å². The normalized spacial score (nSPS) is 11.2. The Kier molecular flexibility index (Phi) is 3.82. The maximum absolute atomic E-state index is 5.92. The first-order chi connectivity index (χ1) is 11.8. The highest BCUT2D eigenvalue weighted by Gasteiger charge is 2.08. The van der Waals surface area contributed by atoms with Crippen LogP contribution in [-0.4, -0.2) is 19.1 Å². The third-order valence-electron chi connectivity index (χ3n) is 4.31. The predicted molar refractivity (Wildman–Crippen MR) is 97.0 cm³/mol. The Hall–Kier alpha value is -2.59. The van der Waals surface area contributed by atoms with Crippen molar-refractivity contribution in [3.05, 3.63) is 72.3 Å². The second-order valence-corrected chi connectivity index (χ2v) is 6.09. The Morgan fingerprint density at radius 3 is 2.54 bits per heavy atom. The van der Waals surface area contributed by atoms with Crippen LogP contribution in [-0.2, 0) is 19.5 Å². The van der Waals surface area contributed by atoms with Gasteiger partial charge in [0.2, 0.25) is 0 Å². The van der Waals surface area contributed by atoms with Gasteiger partial charge in [-0.25, -0.2) is 9.97 Å². The molecule has 2 aromatic carbocycles. The van der Waals surface area contributed by atoms with E-state index < -0.39 is 0 Å². The summed E-state index contributed by atoms with van der Waals surface area (Å²) in [7, 11) is 1.99. The van der Waals surface area contributed by atoms with E-state index in [9.17, 15) is 0 Å². The Labute approximate surface area is 145 Å². The summed E-state index contributed by atoms with van der Waals surface area (Å²) in [5.41, 5.74) is 5.51. The minimum Gasteiger partial charge on any atom is -0.330 e. The molecule has 0 spiro atoms. The summed E-state index contributed by atoms with van der Waals surface area (Å²) in [5.74, 6) is 1.40. The zero-order chi connectivity index (χ0) is 16.5. The molecule has 0 N–H and O–H groups in total. The average molecular weight is 337 g/mol. The molecule has 0 atom stereocenters. The molecule has 0 fully saturated rings. The zero-order valence-corrected chi connectivity index (χ0v) is 14.1. The third kappa shape index (κ3) is 2.59. The molecule has 2 aromatic heterocycles. The van der Waals surface area contributed by atoms with Gasteiger partial charge in [0.15, 0.2) is 0 Å². The molecule has 0 amide bonds. The van der Waals surface area contributed by atoms with Gasteiger partial charge in [0.1, 0.15) is 5.82 Å². The fourth-order valence-corrected chi connectivity index (χ4v) is 3.18. The van der Waals surface area contributed by atoms with Crippen LogP contribution in [0.2, 0.25) is 0 Å². The quantitative estimate of drug-likeness (QED) is 0.523. The van der Waals surface area contributed by atoms with Crippen LogP contribution in [0.15, 0.2) is 61.1 Å². The van der Waals surface area contributed by atoms with Gasteiger partial charge in [-0.2, -0.15) is 0 Å². The van der Waals surface area contributed by atoms with E-state index in [1.165, 1.54) is 5.56 Å². The molecule has 4 rings (SSSR count). The van der Waals surface area contributed by atoms with Crippen molar-refractivity contribution < 1.29 is 0 Å². The molecular formula is C19H17ClN4. The second kappa shape index (κ2) is 6.13. The van der Waals surface area contributed by atoms with Crippen LogP contribution >= 0.6 is 11.6 Å². The smallest absolute Gasteiger partial charge is 0.139 e. The Bertz CT molecular complexity index is 982.